The van der Waals surface area contributed by atoms with Gasteiger partial charge < -0.3 is 5.32 Å². The maximum absolute atomic E-state index is 12.7. The molecule has 1 nitrogen and oxygen atoms in total. The Morgan fingerprint density at radius 2 is 1.43 bits per heavy atom. The number of nitrogens with one attached hydrogen (secondary N) is 1. The van der Waals surface area contributed by atoms with Crippen molar-refractivity contribution in [2.45, 2.75) is 38.2 Å². The number of benzene rings is 1. The van der Waals surface area contributed by atoms with Crippen LogP contribution in [0, 0.1) is 5.92 Å². The minimum absolute atomic E-state index is 0.00327. The second-order valence-electron chi connectivity index (χ2n) is 5.34. The molecule has 0 amide bonds. The minimum Gasteiger partial charge on any atom is -0.312 e. The summed E-state index contributed by atoms with van der Waals surface area (Å²) in [6.45, 7) is 0.626. The van der Waals surface area contributed by atoms with Crippen LogP contribution in [0.5, 0.6) is 0 Å². The zero-order valence-corrected chi connectivity index (χ0v) is 11.1. The van der Waals surface area contributed by atoms with Crippen LogP contribution in [0.3, 0.4) is 0 Å². The van der Waals surface area contributed by atoms with Crippen molar-refractivity contribution in [1.29, 1.82) is 0 Å². The average Bonchev–Trinajstić information content (AvgIpc) is 2.30. The smallest absolute Gasteiger partial charge is 0.312 e. The Morgan fingerprint density at radius 3 is 1.81 bits per heavy atom. The van der Waals surface area contributed by atoms with Gasteiger partial charge in [-0.3, -0.25) is 0 Å². The molecule has 0 spiro atoms. The third kappa shape index (κ3) is 4.36. The SMILES string of the molecule is FC(F)(F)c1cc(CNCC2CCC2)cc(C(F)(F)F)c1. The van der Waals surface area contributed by atoms with Crippen molar-refractivity contribution in [2.24, 2.45) is 5.92 Å². The number of halogens is 6. The van der Waals surface area contributed by atoms with Crippen LogP contribution < -0.4 is 5.32 Å². The first-order valence-electron chi connectivity index (χ1n) is 6.65. The highest BCUT2D eigenvalue weighted by atomic mass is 19.4. The van der Waals surface area contributed by atoms with E-state index in [0.717, 1.165) is 31.4 Å². The summed E-state index contributed by atoms with van der Waals surface area (Å²) in [6.07, 6.45) is -6.32. The fourth-order valence-electron chi connectivity index (χ4n) is 2.24. The van der Waals surface area contributed by atoms with Gasteiger partial charge in [-0.25, -0.2) is 0 Å². The van der Waals surface area contributed by atoms with Crippen molar-refractivity contribution in [3.8, 4) is 0 Å². The van der Waals surface area contributed by atoms with Crippen molar-refractivity contribution < 1.29 is 26.3 Å². The maximum atomic E-state index is 12.7. The van der Waals surface area contributed by atoms with Gasteiger partial charge in [-0.05, 0) is 49.1 Å². The number of alkyl halides is 6. The van der Waals surface area contributed by atoms with Crippen molar-refractivity contribution in [2.75, 3.05) is 6.54 Å². The first-order chi connectivity index (χ1) is 9.66. The summed E-state index contributed by atoms with van der Waals surface area (Å²) < 4.78 is 76.0. The van der Waals surface area contributed by atoms with E-state index in [1.165, 1.54) is 0 Å². The highest BCUT2D eigenvalue weighted by molar-refractivity contribution is 5.33. The van der Waals surface area contributed by atoms with E-state index in [0.29, 0.717) is 12.5 Å². The summed E-state index contributed by atoms with van der Waals surface area (Å²) in [5, 5.41) is 2.93. The molecule has 1 aliphatic carbocycles. The lowest BCUT2D eigenvalue weighted by atomic mass is 9.85. The second kappa shape index (κ2) is 5.87. The van der Waals surface area contributed by atoms with Crippen molar-refractivity contribution >= 4 is 0 Å². The predicted octanol–water partition coefficient (Wildman–Crippen LogP) is 4.61. The largest absolute Gasteiger partial charge is 0.416 e. The van der Waals surface area contributed by atoms with Gasteiger partial charge in [0.2, 0.25) is 0 Å². The Kier molecular flexibility index (Phi) is 4.51. The van der Waals surface area contributed by atoms with Crippen molar-refractivity contribution in [3.05, 3.63) is 34.9 Å². The molecule has 0 aliphatic heterocycles. The summed E-state index contributed by atoms with van der Waals surface area (Å²) in [5.41, 5.74) is -2.54. The lowest BCUT2D eigenvalue weighted by molar-refractivity contribution is -0.143. The molecule has 0 atom stereocenters. The van der Waals surface area contributed by atoms with Gasteiger partial charge in [0.1, 0.15) is 0 Å². The molecule has 1 aromatic rings. The highest BCUT2D eigenvalue weighted by Gasteiger charge is 2.36. The third-order valence-corrected chi connectivity index (χ3v) is 3.63. The number of hydrogen-bond donors (Lipinski definition) is 1. The molecule has 0 aromatic heterocycles. The van der Waals surface area contributed by atoms with Gasteiger partial charge in [0.15, 0.2) is 0 Å². The molecular weight excluding hydrogens is 296 g/mol. The topological polar surface area (TPSA) is 12.0 Å². The molecule has 0 heterocycles. The zero-order chi connectivity index (χ0) is 15.7. The monoisotopic (exact) mass is 311 g/mol. The van der Waals surface area contributed by atoms with E-state index in [9.17, 15) is 26.3 Å². The van der Waals surface area contributed by atoms with Gasteiger partial charge >= 0.3 is 12.4 Å². The molecule has 0 saturated heterocycles. The van der Waals surface area contributed by atoms with Gasteiger partial charge in [-0.15, -0.1) is 0 Å². The van der Waals surface area contributed by atoms with Gasteiger partial charge in [0.05, 0.1) is 11.1 Å². The fourth-order valence-corrected chi connectivity index (χ4v) is 2.24. The first-order valence-corrected chi connectivity index (χ1v) is 6.65. The average molecular weight is 311 g/mol. The zero-order valence-electron chi connectivity index (χ0n) is 11.1. The summed E-state index contributed by atoms with van der Waals surface area (Å²) in [4.78, 5) is 0. The number of rotatable bonds is 4. The van der Waals surface area contributed by atoms with E-state index < -0.39 is 23.5 Å². The molecule has 1 aliphatic rings. The van der Waals surface area contributed by atoms with Crippen LogP contribution in [0.15, 0.2) is 18.2 Å². The third-order valence-electron chi connectivity index (χ3n) is 3.63. The lowest BCUT2D eigenvalue weighted by Gasteiger charge is -2.25. The van der Waals surface area contributed by atoms with E-state index >= 15 is 0 Å². The van der Waals surface area contributed by atoms with Crippen LogP contribution in [-0.4, -0.2) is 6.54 Å². The Morgan fingerprint density at radius 1 is 0.905 bits per heavy atom. The standard InChI is InChI=1S/C14H15F6N/c15-13(16,17)11-4-10(5-12(6-11)14(18,19)20)8-21-7-9-2-1-3-9/h4-6,9,21H,1-3,7-8H2. The predicted molar refractivity (Wildman–Crippen MR) is 65.5 cm³/mol. The molecular formula is C14H15F6N. The van der Waals surface area contributed by atoms with E-state index in [1.54, 1.807) is 0 Å². The molecule has 1 aromatic carbocycles. The summed E-state index contributed by atoms with van der Waals surface area (Å²) in [6, 6.07) is 1.68. The van der Waals surface area contributed by atoms with Crippen molar-refractivity contribution in [3.63, 3.8) is 0 Å². The molecule has 7 heteroatoms. The summed E-state index contributed by atoms with van der Waals surface area (Å²) in [7, 11) is 0. The molecule has 1 N–H and O–H groups in total. The molecule has 0 unspecified atom stereocenters. The van der Waals surface area contributed by atoms with E-state index in [4.69, 9.17) is 0 Å². The maximum Gasteiger partial charge on any atom is 0.416 e. The molecule has 1 fully saturated rings. The van der Waals surface area contributed by atoms with Crippen LogP contribution in [0.25, 0.3) is 0 Å². The van der Waals surface area contributed by atoms with Crippen LogP contribution >= 0.6 is 0 Å². The molecule has 0 bridgehead atoms. The highest BCUT2D eigenvalue weighted by Crippen LogP contribution is 2.36. The minimum atomic E-state index is -4.79. The van der Waals surface area contributed by atoms with E-state index in [-0.39, 0.29) is 18.2 Å². The molecule has 1 saturated carbocycles. The van der Waals surface area contributed by atoms with E-state index in [1.807, 2.05) is 0 Å². The van der Waals surface area contributed by atoms with Gasteiger partial charge in [-0.2, -0.15) is 26.3 Å². The molecule has 21 heavy (non-hydrogen) atoms. The van der Waals surface area contributed by atoms with Crippen LogP contribution in [0.4, 0.5) is 26.3 Å². The lowest BCUT2D eigenvalue weighted by Crippen LogP contribution is -2.27. The Hall–Kier alpha value is -1.24. The summed E-state index contributed by atoms with van der Waals surface area (Å²) in [5.74, 6) is 0.484. The normalized spacial score (nSPS) is 16.9. The van der Waals surface area contributed by atoms with Crippen LogP contribution in [0.2, 0.25) is 0 Å². The molecule has 118 valence electrons. The van der Waals surface area contributed by atoms with Crippen LogP contribution in [0.1, 0.15) is 36.0 Å². The van der Waals surface area contributed by atoms with Crippen molar-refractivity contribution in [1.82, 2.24) is 5.32 Å². The second-order valence-corrected chi connectivity index (χ2v) is 5.34. The van der Waals surface area contributed by atoms with Gasteiger partial charge in [-0.1, -0.05) is 6.42 Å². The Bertz CT molecular complexity index is 455. The summed E-state index contributed by atoms with van der Waals surface area (Å²) >= 11 is 0. The van der Waals surface area contributed by atoms with E-state index in [2.05, 4.69) is 5.32 Å². The van der Waals surface area contributed by atoms with Gasteiger partial charge in [0.25, 0.3) is 0 Å². The fraction of sp³-hybridized carbons (Fsp3) is 0.571. The van der Waals surface area contributed by atoms with Gasteiger partial charge in [0, 0.05) is 6.54 Å². The molecule has 0 radical (unpaired) electrons. The Balaban J connectivity index is 2.14. The quantitative estimate of drug-likeness (QED) is 0.801. The van der Waals surface area contributed by atoms with Crippen LogP contribution in [-0.2, 0) is 18.9 Å². The Labute approximate surface area is 118 Å². The number of hydrogen-bond acceptors (Lipinski definition) is 1. The molecule has 2 rings (SSSR count). The first kappa shape index (κ1) is 16.1.